The second-order valence-electron chi connectivity index (χ2n) is 6.89. The van der Waals surface area contributed by atoms with Crippen LogP contribution in [0.15, 0.2) is 24.3 Å². The van der Waals surface area contributed by atoms with Crippen LogP contribution in [0.2, 0.25) is 0 Å². The summed E-state index contributed by atoms with van der Waals surface area (Å²) in [6, 6.07) is 7.46. The Kier molecular flexibility index (Phi) is 5.23. The summed E-state index contributed by atoms with van der Waals surface area (Å²) in [5.41, 5.74) is 2.36. The molecule has 0 aliphatic heterocycles. The molecule has 2 aromatic rings. The van der Waals surface area contributed by atoms with Gasteiger partial charge in [0.05, 0.1) is 10.7 Å². The van der Waals surface area contributed by atoms with Crippen molar-refractivity contribution in [2.24, 2.45) is 0 Å². The number of aromatic nitrogens is 1. The van der Waals surface area contributed by atoms with Crippen LogP contribution >= 0.6 is 11.3 Å². The van der Waals surface area contributed by atoms with E-state index in [-0.39, 0.29) is 11.2 Å². The number of ketones is 1. The summed E-state index contributed by atoms with van der Waals surface area (Å²) in [5, 5.41) is 0.802. The number of ether oxygens (including phenoxy) is 1. The van der Waals surface area contributed by atoms with Crippen molar-refractivity contribution in [3.63, 3.8) is 0 Å². The molecule has 4 nitrogen and oxygen atoms in total. The van der Waals surface area contributed by atoms with Gasteiger partial charge in [0.2, 0.25) is 5.78 Å². The fourth-order valence-electron chi connectivity index (χ4n) is 2.36. The monoisotopic (exact) mass is 345 g/mol. The Hall–Kier alpha value is -2.01. The first-order valence-corrected chi connectivity index (χ1v) is 8.71. The van der Waals surface area contributed by atoms with E-state index in [1.165, 1.54) is 11.3 Å². The molecule has 1 aromatic carbocycles. The van der Waals surface area contributed by atoms with Gasteiger partial charge in [-0.25, -0.2) is 9.78 Å². The van der Waals surface area contributed by atoms with Crippen LogP contribution in [-0.2, 0) is 10.2 Å². The number of hydrogen-bond donors (Lipinski definition) is 0. The van der Waals surface area contributed by atoms with Gasteiger partial charge in [-0.2, -0.15) is 0 Å². The third-order valence-corrected chi connectivity index (χ3v) is 4.83. The van der Waals surface area contributed by atoms with E-state index in [9.17, 15) is 9.59 Å². The van der Waals surface area contributed by atoms with Crippen molar-refractivity contribution in [1.29, 1.82) is 0 Å². The van der Waals surface area contributed by atoms with Crippen molar-refractivity contribution in [3.05, 3.63) is 51.0 Å². The first kappa shape index (κ1) is 18.3. The summed E-state index contributed by atoms with van der Waals surface area (Å²) in [6.07, 6.45) is -0.834. The second kappa shape index (κ2) is 6.85. The van der Waals surface area contributed by atoms with Crippen molar-refractivity contribution in [3.8, 4) is 0 Å². The molecule has 1 aromatic heterocycles. The number of nitrogens with zero attached hydrogens (tertiary/aromatic N) is 1. The molecule has 1 unspecified atom stereocenters. The summed E-state index contributed by atoms with van der Waals surface area (Å²) >= 11 is 1.28. The maximum absolute atomic E-state index is 12.5. The average molecular weight is 345 g/mol. The van der Waals surface area contributed by atoms with Gasteiger partial charge in [-0.05, 0) is 31.7 Å². The Balaban J connectivity index is 2.09. The predicted molar refractivity (Wildman–Crippen MR) is 95.9 cm³/mol. The summed E-state index contributed by atoms with van der Waals surface area (Å²) in [6.45, 7) is 11.5. The zero-order chi connectivity index (χ0) is 18.1. The van der Waals surface area contributed by atoms with E-state index < -0.39 is 12.1 Å². The van der Waals surface area contributed by atoms with Crippen molar-refractivity contribution in [2.75, 3.05) is 0 Å². The van der Waals surface area contributed by atoms with E-state index >= 15 is 0 Å². The van der Waals surface area contributed by atoms with Crippen molar-refractivity contribution in [1.82, 2.24) is 4.98 Å². The topological polar surface area (TPSA) is 56.3 Å². The Morgan fingerprint density at radius 3 is 2.17 bits per heavy atom. The van der Waals surface area contributed by atoms with Gasteiger partial charge in [-0.15, -0.1) is 11.3 Å². The Morgan fingerprint density at radius 2 is 1.71 bits per heavy atom. The van der Waals surface area contributed by atoms with Crippen LogP contribution in [-0.4, -0.2) is 22.8 Å². The number of aryl methyl sites for hydroxylation is 2. The van der Waals surface area contributed by atoms with Gasteiger partial charge in [-0.3, -0.25) is 4.79 Å². The normalized spacial score (nSPS) is 12.8. The molecule has 0 N–H and O–H groups in total. The van der Waals surface area contributed by atoms with Crippen LogP contribution in [0.1, 0.15) is 64.0 Å². The Labute approximate surface area is 146 Å². The quantitative estimate of drug-likeness (QED) is 0.605. The van der Waals surface area contributed by atoms with E-state index in [0.29, 0.717) is 16.1 Å². The molecule has 24 heavy (non-hydrogen) atoms. The van der Waals surface area contributed by atoms with Crippen molar-refractivity contribution in [2.45, 2.75) is 53.1 Å². The molecule has 0 bridgehead atoms. The fourth-order valence-corrected chi connectivity index (χ4v) is 3.16. The van der Waals surface area contributed by atoms with Crippen LogP contribution in [0.4, 0.5) is 0 Å². The lowest BCUT2D eigenvalue weighted by Crippen LogP contribution is -2.24. The first-order chi connectivity index (χ1) is 11.1. The van der Waals surface area contributed by atoms with E-state index in [1.807, 2.05) is 19.1 Å². The molecule has 5 heteroatoms. The number of benzene rings is 1. The third-order valence-electron chi connectivity index (χ3n) is 3.78. The lowest BCUT2D eigenvalue weighted by atomic mass is 9.86. The lowest BCUT2D eigenvalue weighted by Gasteiger charge is -2.19. The van der Waals surface area contributed by atoms with E-state index in [0.717, 1.165) is 10.6 Å². The molecule has 0 radical (unpaired) electrons. The first-order valence-electron chi connectivity index (χ1n) is 7.89. The number of rotatable bonds is 4. The smallest absolute Gasteiger partial charge is 0.350 e. The standard InChI is InChI=1S/C19H23NO3S/c1-11-17(24-13(3)20-11)18(22)23-12(2)16(21)14-7-9-15(10-8-14)19(4,5)6/h7-10,12H,1-6H3. The molecular weight excluding hydrogens is 322 g/mol. The number of carbonyl (C=O) groups is 2. The summed E-state index contributed by atoms with van der Waals surface area (Å²) < 4.78 is 5.33. The summed E-state index contributed by atoms with van der Waals surface area (Å²) in [4.78, 5) is 29.3. The lowest BCUT2D eigenvalue weighted by molar-refractivity contribution is 0.0322. The Morgan fingerprint density at radius 1 is 1.12 bits per heavy atom. The van der Waals surface area contributed by atoms with Gasteiger partial charge in [0.25, 0.3) is 0 Å². The predicted octanol–water partition coefficient (Wildman–Crippen LogP) is 4.49. The maximum Gasteiger partial charge on any atom is 0.350 e. The molecule has 1 atom stereocenters. The maximum atomic E-state index is 12.5. The zero-order valence-corrected chi connectivity index (χ0v) is 15.8. The average Bonchev–Trinajstić information content (AvgIpc) is 2.84. The van der Waals surface area contributed by atoms with Crippen LogP contribution in [0, 0.1) is 13.8 Å². The van der Waals surface area contributed by atoms with Gasteiger partial charge in [0, 0.05) is 5.56 Å². The second-order valence-corrected chi connectivity index (χ2v) is 8.09. The van der Waals surface area contributed by atoms with Gasteiger partial charge in [0.1, 0.15) is 4.88 Å². The van der Waals surface area contributed by atoms with Crippen molar-refractivity contribution < 1.29 is 14.3 Å². The highest BCUT2D eigenvalue weighted by molar-refractivity contribution is 7.13. The highest BCUT2D eigenvalue weighted by Crippen LogP contribution is 2.23. The van der Waals surface area contributed by atoms with Gasteiger partial charge in [-0.1, -0.05) is 45.0 Å². The minimum absolute atomic E-state index is 0.0290. The van der Waals surface area contributed by atoms with Crippen LogP contribution in [0.3, 0.4) is 0 Å². The van der Waals surface area contributed by atoms with Gasteiger partial charge in [0.15, 0.2) is 6.10 Å². The fraction of sp³-hybridized carbons (Fsp3) is 0.421. The molecule has 0 aliphatic rings. The van der Waals surface area contributed by atoms with Crippen LogP contribution in [0.5, 0.6) is 0 Å². The molecular formula is C19H23NO3S. The third kappa shape index (κ3) is 4.09. The molecule has 0 aliphatic carbocycles. The molecule has 2 rings (SSSR count). The van der Waals surface area contributed by atoms with Gasteiger partial charge >= 0.3 is 5.97 Å². The van der Waals surface area contributed by atoms with E-state index in [2.05, 4.69) is 25.8 Å². The van der Waals surface area contributed by atoms with E-state index in [4.69, 9.17) is 4.74 Å². The zero-order valence-electron chi connectivity index (χ0n) is 15.0. The molecule has 0 amide bonds. The largest absolute Gasteiger partial charge is 0.450 e. The summed E-state index contributed by atoms with van der Waals surface area (Å²) in [5.74, 6) is -0.701. The molecule has 0 fully saturated rings. The minimum atomic E-state index is -0.834. The van der Waals surface area contributed by atoms with Crippen LogP contribution in [0.25, 0.3) is 0 Å². The molecule has 0 saturated carbocycles. The Bertz CT molecular complexity index is 754. The number of thiazole rings is 1. The highest BCUT2D eigenvalue weighted by atomic mass is 32.1. The molecule has 0 saturated heterocycles. The number of Topliss-reactive ketones (excluding diaryl/α,β-unsaturated/α-hetero) is 1. The number of hydrogen-bond acceptors (Lipinski definition) is 5. The summed E-state index contributed by atoms with van der Waals surface area (Å²) in [7, 11) is 0. The number of esters is 1. The van der Waals surface area contributed by atoms with Crippen molar-refractivity contribution >= 4 is 23.1 Å². The van der Waals surface area contributed by atoms with Crippen LogP contribution < -0.4 is 0 Å². The minimum Gasteiger partial charge on any atom is -0.450 e. The molecule has 1 heterocycles. The highest BCUT2D eigenvalue weighted by Gasteiger charge is 2.23. The SMILES string of the molecule is Cc1nc(C)c(C(=O)OC(C)C(=O)c2ccc(C(C)(C)C)cc2)s1. The van der Waals surface area contributed by atoms with E-state index in [1.54, 1.807) is 26.0 Å². The van der Waals surface area contributed by atoms with Gasteiger partial charge < -0.3 is 4.74 Å². The number of carbonyl (C=O) groups excluding carboxylic acids is 2. The molecule has 128 valence electrons. The molecule has 0 spiro atoms.